The number of amides is 1. The van der Waals surface area contributed by atoms with Crippen LogP contribution in [0.5, 0.6) is 0 Å². The van der Waals surface area contributed by atoms with Crippen LogP contribution in [0.1, 0.15) is 16.8 Å². The van der Waals surface area contributed by atoms with E-state index in [0.29, 0.717) is 17.8 Å². The Morgan fingerprint density at radius 2 is 1.79 bits per heavy atom. The molecule has 0 radical (unpaired) electrons. The molecule has 1 N–H and O–H groups in total. The Bertz CT molecular complexity index is 1030. The van der Waals surface area contributed by atoms with Crippen LogP contribution in [0.2, 0.25) is 0 Å². The van der Waals surface area contributed by atoms with Gasteiger partial charge in [-0.05, 0) is 41.5 Å². The van der Waals surface area contributed by atoms with E-state index in [2.05, 4.69) is 5.10 Å². The van der Waals surface area contributed by atoms with Crippen molar-refractivity contribution in [3.05, 3.63) is 83.4 Å². The zero-order valence-corrected chi connectivity index (χ0v) is 15.0. The molecule has 142 valence electrons. The second kappa shape index (κ2) is 7.26. The quantitative estimate of drug-likeness (QED) is 0.756. The van der Waals surface area contributed by atoms with E-state index in [1.807, 2.05) is 24.3 Å². The number of carboxylic acid groups (broad SMARTS) is 1. The topological polar surface area (TPSA) is 75.4 Å². The number of carboxylic acids is 1. The maximum absolute atomic E-state index is 13.1. The number of rotatable bonds is 4. The summed E-state index contributed by atoms with van der Waals surface area (Å²) in [6.45, 7) is 0.268. The van der Waals surface area contributed by atoms with Crippen LogP contribution in [-0.4, -0.2) is 37.7 Å². The van der Waals surface area contributed by atoms with Crippen molar-refractivity contribution in [3.63, 3.8) is 0 Å². The largest absolute Gasteiger partial charge is 0.480 e. The van der Waals surface area contributed by atoms with Crippen LogP contribution < -0.4 is 0 Å². The van der Waals surface area contributed by atoms with Gasteiger partial charge < -0.3 is 10.0 Å². The van der Waals surface area contributed by atoms with E-state index in [1.165, 1.54) is 17.0 Å². The first-order valence-electron chi connectivity index (χ1n) is 8.91. The molecular weight excluding hydrogens is 361 g/mol. The van der Waals surface area contributed by atoms with Crippen molar-refractivity contribution in [2.24, 2.45) is 0 Å². The Hall–Kier alpha value is -3.48. The number of nitrogens with zero attached hydrogens (tertiary/aromatic N) is 3. The van der Waals surface area contributed by atoms with Gasteiger partial charge in [0.05, 0.1) is 17.8 Å². The molecule has 0 unspecified atom stereocenters. The molecule has 3 aromatic rings. The normalized spacial score (nSPS) is 15.9. The van der Waals surface area contributed by atoms with Gasteiger partial charge in [0.2, 0.25) is 5.91 Å². The van der Waals surface area contributed by atoms with Crippen LogP contribution in [0.25, 0.3) is 5.69 Å². The lowest BCUT2D eigenvalue weighted by molar-refractivity contribution is -0.151. The molecule has 28 heavy (non-hydrogen) atoms. The smallest absolute Gasteiger partial charge is 0.326 e. The molecule has 2 aromatic carbocycles. The van der Waals surface area contributed by atoms with Crippen molar-refractivity contribution in [2.75, 3.05) is 0 Å². The summed E-state index contributed by atoms with van der Waals surface area (Å²) in [6.07, 6.45) is 1.98. The summed E-state index contributed by atoms with van der Waals surface area (Å²) in [7, 11) is 0. The molecule has 2 heterocycles. The van der Waals surface area contributed by atoms with Gasteiger partial charge in [-0.15, -0.1) is 0 Å². The first kappa shape index (κ1) is 17.9. The Balaban J connectivity index is 1.53. The van der Waals surface area contributed by atoms with Crippen molar-refractivity contribution < 1.29 is 19.1 Å². The van der Waals surface area contributed by atoms with E-state index in [9.17, 15) is 19.1 Å². The lowest BCUT2D eigenvalue weighted by atomic mass is 9.93. The highest BCUT2D eigenvalue weighted by Crippen LogP contribution is 2.24. The van der Waals surface area contributed by atoms with E-state index >= 15 is 0 Å². The second-order valence-corrected chi connectivity index (χ2v) is 6.75. The van der Waals surface area contributed by atoms with Crippen molar-refractivity contribution in [1.29, 1.82) is 0 Å². The fraction of sp³-hybridized carbons (Fsp3) is 0.190. The molecule has 1 aliphatic rings. The minimum absolute atomic E-state index is 0.000140. The predicted molar refractivity (Wildman–Crippen MR) is 99.3 cm³/mol. The molecular formula is C21H18FN3O3. The van der Waals surface area contributed by atoms with Crippen LogP contribution in [0, 0.1) is 5.82 Å². The average molecular weight is 379 g/mol. The minimum Gasteiger partial charge on any atom is -0.480 e. The molecule has 6 nitrogen and oxygen atoms in total. The van der Waals surface area contributed by atoms with Crippen LogP contribution in [0.3, 0.4) is 0 Å². The summed E-state index contributed by atoms with van der Waals surface area (Å²) in [4.78, 5) is 26.0. The van der Waals surface area contributed by atoms with Crippen LogP contribution in [-0.2, 0) is 29.0 Å². The van der Waals surface area contributed by atoms with Gasteiger partial charge in [-0.3, -0.25) is 4.79 Å². The van der Waals surface area contributed by atoms with Crippen LogP contribution in [0.4, 0.5) is 4.39 Å². The van der Waals surface area contributed by atoms with Gasteiger partial charge in [0.1, 0.15) is 11.9 Å². The third-order valence-corrected chi connectivity index (χ3v) is 4.92. The van der Waals surface area contributed by atoms with Crippen LogP contribution in [0.15, 0.2) is 60.8 Å². The Kier molecular flexibility index (Phi) is 4.65. The van der Waals surface area contributed by atoms with E-state index in [-0.39, 0.29) is 24.7 Å². The first-order valence-corrected chi connectivity index (χ1v) is 8.91. The zero-order chi connectivity index (χ0) is 19.7. The molecule has 7 heteroatoms. The number of hydrogen-bond acceptors (Lipinski definition) is 3. The summed E-state index contributed by atoms with van der Waals surface area (Å²) in [6, 6.07) is 14.2. The average Bonchev–Trinajstić information content (AvgIpc) is 3.15. The number of benzene rings is 2. The molecule has 0 saturated heterocycles. The predicted octanol–water partition coefficient (Wildman–Crippen LogP) is 2.59. The van der Waals surface area contributed by atoms with Crippen LogP contribution >= 0.6 is 0 Å². The fourth-order valence-corrected chi connectivity index (χ4v) is 3.46. The maximum atomic E-state index is 13.1. The number of fused-ring (bicyclic) bond motifs is 1. The van der Waals surface area contributed by atoms with E-state index in [4.69, 9.17) is 0 Å². The molecule has 1 atom stereocenters. The van der Waals surface area contributed by atoms with Crippen molar-refractivity contribution in [3.8, 4) is 5.69 Å². The number of halogens is 1. The molecule has 1 aromatic heterocycles. The second-order valence-electron chi connectivity index (χ2n) is 6.75. The summed E-state index contributed by atoms with van der Waals surface area (Å²) >= 11 is 0. The van der Waals surface area contributed by atoms with Gasteiger partial charge in [0.15, 0.2) is 0 Å². The van der Waals surface area contributed by atoms with Gasteiger partial charge in [-0.1, -0.05) is 24.3 Å². The molecule has 0 bridgehead atoms. The number of carbonyl (C=O) groups is 2. The lowest BCUT2D eigenvalue weighted by Crippen LogP contribution is -2.49. The molecule has 0 aliphatic carbocycles. The Morgan fingerprint density at radius 3 is 2.50 bits per heavy atom. The summed E-state index contributed by atoms with van der Waals surface area (Å²) < 4.78 is 14.6. The summed E-state index contributed by atoms with van der Waals surface area (Å²) in [5, 5.41) is 13.9. The molecule has 4 rings (SSSR count). The highest BCUT2D eigenvalue weighted by molar-refractivity contribution is 5.85. The first-order chi connectivity index (χ1) is 13.5. The highest BCUT2D eigenvalue weighted by atomic mass is 19.1. The number of aromatic nitrogens is 2. The Labute approximate surface area is 160 Å². The maximum Gasteiger partial charge on any atom is 0.326 e. The van der Waals surface area contributed by atoms with Gasteiger partial charge in [0.25, 0.3) is 0 Å². The SMILES string of the molecule is O=C(O)[C@H]1Cc2ccccc2CN1C(=O)Cc1ccn(-c2ccc(F)cc2)n1. The zero-order valence-electron chi connectivity index (χ0n) is 15.0. The highest BCUT2D eigenvalue weighted by Gasteiger charge is 2.34. The molecule has 0 spiro atoms. The molecule has 0 fully saturated rings. The Morgan fingerprint density at radius 1 is 1.07 bits per heavy atom. The van der Waals surface area contributed by atoms with Gasteiger partial charge in [0, 0.05) is 19.2 Å². The van der Waals surface area contributed by atoms with E-state index < -0.39 is 12.0 Å². The molecule has 0 saturated carbocycles. The monoisotopic (exact) mass is 379 g/mol. The van der Waals surface area contributed by atoms with Gasteiger partial charge >= 0.3 is 5.97 Å². The fourth-order valence-electron chi connectivity index (χ4n) is 3.46. The van der Waals surface area contributed by atoms with Gasteiger partial charge in [-0.25, -0.2) is 13.9 Å². The van der Waals surface area contributed by atoms with E-state index in [1.54, 1.807) is 29.1 Å². The number of aliphatic carboxylic acids is 1. The lowest BCUT2D eigenvalue weighted by Gasteiger charge is -2.34. The van der Waals surface area contributed by atoms with E-state index in [0.717, 1.165) is 11.1 Å². The minimum atomic E-state index is -1.01. The van der Waals surface area contributed by atoms with Crippen molar-refractivity contribution >= 4 is 11.9 Å². The third kappa shape index (κ3) is 3.51. The number of carbonyl (C=O) groups excluding carboxylic acids is 1. The number of hydrogen-bond donors (Lipinski definition) is 1. The standard InChI is InChI=1S/C21H18FN3O3/c22-16-5-7-18(8-6-16)25-10-9-17(23-25)12-20(26)24-13-15-4-2-1-3-14(15)11-19(24)21(27)28/h1-10,19H,11-13H2,(H,27,28)/t19-/m1/s1. The third-order valence-electron chi connectivity index (χ3n) is 4.92. The van der Waals surface area contributed by atoms with Crippen molar-refractivity contribution in [1.82, 2.24) is 14.7 Å². The molecule has 1 aliphatic heterocycles. The van der Waals surface area contributed by atoms with Gasteiger partial charge in [-0.2, -0.15) is 5.10 Å². The molecule has 1 amide bonds. The summed E-state index contributed by atoms with van der Waals surface area (Å²) in [5.74, 6) is -1.64. The summed E-state index contributed by atoms with van der Waals surface area (Å²) in [5.41, 5.74) is 3.12. The van der Waals surface area contributed by atoms with Crippen molar-refractivity contribution in [2.45, 2.75) is 25.4 Å².